The molecule has 156 valence electrons. The van der Waals surface area contributed by atoms with E-state index < -0.39 is 6.04 Å². The van der Waals surface area contributed by atoms with Crippen LogP contribution in [-0.4, -0.2) is 36.9 Å². The Morgan fingerprint density at radius 2 is 1.62 bits per heavy atom. The van der Waals surface area contributed by atoms with E-state index in [1.807, 2.05) is 48.5 Å². The highest BCUT2D eigenvalue weighted by molar-refractivity contribution is 5.91. The topological polar surface area (TPSA) is 70.7 Å². The Morgan fingerprint density at radius 1 is 1.00 bits per heavy atom. The summed E-state index contributed by atoms with van der Waals surface area (Å²) in [6, 6.07) is 14.8. The molecule has 0 aromatic heterocycles. The molecule has 0 spiro atoms. The quantitative estimate of drug-likeness (QED) is 0.641. The Labute approximate surface area is 173 Å². The van der Waals surface area contributed by atoms with Crippen molar-refractivity contribution in [3.8, 4) is 5.75 Å². The lowest BCUT2D eigenvalue weighted by Gasteiger charge is -2.19. The molecule has 0 radical (unpaired) electrons. The average Bonchev–Trinajstić information content (AvgIpc) is 2.72. The molecule has 29 heavy (non-hydrogen) atoms. The Bertz CT molecular complexity index is 784. The number of methoxy groups -OCH3 is 1. The third kappa shape index (κ3) is 7.23. The van der Waals surface area contributed by atoms with Gasteiger partial charge in [0.15, 0.2) is 0 Å². The van der Waals surface area contributed by atoms with Crippen molar-refractivity contribution in [1.82, 2.24) is 10.2 Å². The SMILES string of the molecule is CCN(CC)Cc1ccc(NC(=O)CC(NC(C)=O)c2ccc(OC)cc2)cc1. The van der Waals surface area contributed by atoms with E-state index in [4.69, 9.17) is 4.74 Å². The molecule has 0 saturated carbocycles. The van der Waals surface area contributed by atoms with E-state index >= 15 is 0 Å². The summed E-state index contributed by atoms with van der Waals surface area (Å²) in [5, 5.41) is 5.77. The van der Waals surface area contributed by atoms with Crippen molar-refractivity contribution < 1.29 is 14.3 Å². The number of rotatable bonds is 10. The maximum Gasteiger partial charge on any atom is 0.226 e. The van der Waals surface area contributed by atoms with Gasteiger partial charge in [0.25, 0.3) is 0 Å². The van der Waals surface area contributed by atoms with Gasteiger partial charge in [-0.2, -0.15) is 0 Å². The van der Waals surface area contributed by atoms with Crippen LogP contribution in [0.4, 0.5) is 5.69 Å². The zero-order valence-electron chi connectivity index (χ0n) is 17.7. The summed E-state index contributed by atoms with van der Waals surface area (Å²) in [6.45, 7) is 8.64. The molecule has 0 bridgehead atoms. The van der Waals surface area contributed by atoms with Crippen molar-refractivity contribution in [2.75, 3.05) is 25.5 Å². The van der Waals surface area contributed by atoms with Crippen LogP contribution >= 0.6 is 0 Å². The maximum absolute atomic E-state index is 12.6. The van der Waals surface area contributed by atoms with Crippen molar-refractivity contribution in [3.05, 3.63) is 59.7 Å². The number of hydrogen-bond donors (Lipinski definition) is 2. The lowest BCUT2D eigenvalue weighted by atomic mass is 10.0. The van der Waals surface area contributed by atoms with Gasteiger partial charge in [0.2, 0.25) is 11.8 Å². The second-order valence-electron chi connectivity index (χ2n) is 6.94. The molecule has 0 fully saturated rings. The van der Waals surface area contributed by atoms with Gasteiger partial charge in [-0.1, -0.05) is 38.1 Å². The number of benzene rings is 2. The van der Waals surface area contributed by atoms with Crippen LogP contribution in [0, 0.1) is 0 Å². The third-order valence-corrected chi connectivity index (χ3v) is 4.82. The molecule has 2 rings (SSSR count). The molecule has 2 N–H and O–H groups in total. The van der Waals surface area contributed by atoms with Gasteiger partial charge in [-0.15, -0.1) is 0 Å². The highest BCUT2D eigenvalue weighted by Gasteiger charge is 2.17. The van der Waals surface area contributed by atoms with Crippen LogP contribution in [-0.2, 0) is 16.1 Å². The third-order valence-electron chi connectivity index (χ3n) is 4.82. The van der Waals surface area contributed by atoms with Gasteiger partial charge >= 0.3 is 0 Å². The van der Waals surface area contributed by atoms with Gasteiger partial charge in [-0.3, -0.25) is 14.5 Å². The number of ether oxygens (including phenoxy) is 1. The van der Waals surface area contributed by atoms with Crippen LogP contribution in [0.1, 0.15) is 44.4 Å². The number of anilines is 1. The molecule has 1 atom stereocenters. The summed E-state index contributed by atoms with van der Waals surface area (Å²) in [6.07, 6.45) is 0.146. The normalized spacial score (nSPS) is 11.8. The molecule has 0 saturated heterocycles. The number of nitrogens with zero attached hydrogens (tertiary/aromatic N) is 1. The smallest absolute Gasteiger partial charge is 0.226 e. The number of nitrogens with one attached hydrogen (secondary N) is 2. The van der Waals surface area contributed by atoms with Crippen molar-refractivity contribution in [2.24, 2.45) is 0 Å². The van der Waals surface area contributed by atoms with E-state index in [0.717, 1.165) is 36.6 Å². The Kier molecular flexibility index (Phi) is 8.68. The van der Waals surface area contributed by atoms with Gasteiger partial charge in [0, 0.05) is 19.2 Å². The first-order chi connectivity index (χ1) is 13.9. The monoisotopic (exact) mass is 397 g/mol. The molecule has 0 aliphatic carbocycles. The van der Waals surface area contributed by atoms with Gasteiger partial charge in [-0.05, 0) is 48.5 Å². The van der Waals surface area contributed by atoms with Crippen molar-refractivity contribution in [3.63, 3.8) is 0 Å². The van der Waals surface area contributed by atoms with E-state index in [2.05, 4.69) is 29.4 Å². The Morgan fingerprint density at radius 3 is 2.14 bits per heavy atom. The van der Waals surface area contributed by atoms with E-state index in [1.165, 1.54) is 12.5 Å². The second kappa shape index (κ2) is 11.2. The summed E-state index contributed by atoms with van der Waals surface area (Å²) < 4.78 is 5.17. The molecule has 0 heterocycles. The van der Waals surface area contributed by atoms with Crippen molar-refractivity contribution in [2.45, 2.75) is 39.8 Å². The van der Waals surface area contributed by atoms with Crippen LogP contribution in [0.3, 0.4) is 0 Å². The molecule has 6 nitrogen and oxygen atoms in total. The minimum absolute atomic E-state index is 0.146. The Hall–Kier alpha value is -2.86. The first kappa shape index (κ1) is 22.4. The summed E-state index contributed by atoms with van der Waals surface area (Å²) in [4.78, 5) is 26.5. The van der Waals surface area contributed by atoms with Crippen LogP contribution in [0.2, 0.25) is 0 Å². The zero-order valence-corrected chi connectivity index (χ0v) is 17.7. The van der Waals surface area contributed by atoms with Crippen LogP contribution in [0.25, 0.3) is 0 Å². The first-order valence-corrected chi connectivity index (χ1v) is 9.97. The summed E-state index contributed by atoms with van der Waals surface area (Å²) in [5.74, 6) is 0.389. The van der Waals surface area contributed by atoms with Crippen molar-refractivity contribution >= 4 is 17.5 Å². The standard InChI is InChI=1S/C23H31N3O3/c1-5-26(6-2)16-18-7-11-20(12-8-18)25-23(28)15-22(24-17(3)27)19-9-13-21(29-4)14-10-19/h7-14,22H,5-6,15-16H2,1-4H3,(H,24,27)(H,25,28). The molecule has 6 heteroatoms. The lowest BCUT2D eigenvalue weighted by molar-refractivity contribution is -0.120. The van der Waals surface area contributed by atoms with Gasteiger partial charge in [-0.25, -0.2) is 0 Å². The van der Waals surface area contributed by atoms with Crippen LogP contribution in [0.5, 0.6) is 5.75 Å². The lowest BCUT2D eigenvalue weighted by Crippen LogP contribution is -2.29. The second-order valence-corrected chi connectivity index (χ2v) is 6.94. The highest BCUT2D eigenvalue weighted by atomic mass is 16.5. The van der Waals surface area contributed by atoms with Gasteiger partial charge in [0.05, 0.1) is 19.6 Å². The van der Waals surface area contributed by atoms with E-state index in [0.29, 0.717) is 0 Å². The first-order valence-electron chi connectivity index (χ1n) is 9.97. The maximum atomic E-state index is 12.6. The number of hydrogen-bond acceptors (Lipinski definition) is 4. The molecule has 2 amide bonds. The summed E-state index contributed by atoms with van der Waals surface area (Å²) in [7, 11) is 1.60. The fourth-order valence-electron chi connectivity index (χ4n) is 3.13. The molecular weight excluding hydrogens is 366 g/mol. The average molecular weight is 398 g/mol. The molecular formula is C23H31N3O3. The number of carbonyl (C=O) groups is 2. The van der Waals surface area contributed by atoms with Crippen LogP contribution < -0.4 is 15.4 Å². The summed E-state index contributed by atoms with van der Waals surface area (Å²) in [5.41, 5.74) is 2.81. The molecule has 0 aliphatic rings. The van der Waals surface area contributed by atoms with Gasteiger partial charge in [0.1, 0.15) is 5.75 Å². The number of amides is 2. The minimum Gasteiger partial charge on any atom is -0.497 e. The number of carbonyl (C=O) groups excluding carboxylic acids is 2. The Balaban J connectivity index is 2.00. The van der Waals surface area contributed by atoms with E-state index in [9.17, 15) is 9.59 Å². The molecule has 2 aromatic carbocycles. The largest absolute Gasteiger partial charge is 0.497 e. The predicted octanol–water partition coefficient (Wildman–Crippen LogP) is 3.74. The zero-order chi connectivity index (χ0) is 21.2. The molecule has 0 aliphatic heterocycles. The van der Waals surface area contributed by atoms with Gasteiger partial charge < -0.3 is 15.4 Å². The predicted molar refractivity (Wildman–Crippen MR) is 116 cm³/mol. The van der Waals surface area contributed by atoms with E-state index in [1.54, 1.807) is 7.11 Å². The fraction of sp³-hybridized carbons (Fsp3) is 0.391. The van der Waals surface area contributed by atoms with E-state index in [-0.39, 0.29) is 18.2 Å². The molecule has 2 aromatic rings. The summed E-state index contributed by atoms with van der Waals surface area (Å²) >= 11 is 0. The molecule has 1 unspecified atom stereocenters. The highest BCUT2D eigenvalue weighted by Crippen LogP contribution is 2.21. The van der Waals surface area contributed by atoms with Crippen LogP contribution in [0.15, 0.2) is 48.5 Å². The van der Waals surface area contributed by atoms with Crippen molar-refractivity contribution in [1.29, 1.82) is 0 Å². The minimum atomic E-state index is -0.402. The fourth-order valence-corrected chi connectivity index (χ4v) is 3.13.